The van der Waals surface area contributed by atoms with Crippen LogP contribution in [0.3, 0.4) is 0 Å². The van der Waals surface area contributed by atoms with Crippen LogP contribution in [-0.2, 0) is 28.9 Å². The first kappa shape index (κ1) is 20.1. The van der Waals surface area contributed by atoms with Gasteiger partial charge in [0.05, 0.1) is 11.3 Å². The van der Waals surface area contributed by atoms with Gasteiger partial charge in [0.15, 0.2) is 0 Å². The smallest absolute Gasteiger partial charge is 0.335 e. The van der Waals surface area contributed by atoms with Crippen LogP contribution in [0.1, 0.15) is 40.9 Å². The van der Waals surface area contributed by atoms with Crippen molar-refractivity contribution in [3.05, 3.63) is 70.8 Å². The van der Waals surface area contributed by atoms with Crippen LogP contribution in [0.2, 0.25) is 0 Å². The Morgan fingerprint density at radius 2 is 1.62 bits per heavy atom. The summed E-state index contributed by atoms with van der Waals surface area (Å²) in [5.74, 6) is -0.981. The molecule has 0 amide bonds. The second-order valence-electron chi connectivity index (χ2n) is 6.46. The first-order chi connectivity index (χ1) is 12.2. The molecule has 2 aromatic carbocycles. The summed E-state index contributed by atoms with van der Waals surface area (Å²) in [6, 6.07) is 14.1. The summed E-state index contributed by atoms with van der Waals surface area (Å²) in [5.41, 5.74) is 2.92. The van der Waals surface area contributed by atoms with Gasteiger partial charge in [-0.05, 0) is 42.7 Å². The summed E-state index contributed by atoms with van der Waals surface area (Å²) in [5, 5.41) is 12.3. The molecule has 0 aliphatic rings. The number of carboxylic acid groups (broad SMARTS) is 1. The first-order valence-electron chi connectivity index (χ1n) is 8.36. The predicted octanol–water partition coefficient (Wildman–Crippen LogP) is 2.50. The van der Waals surface area contributed by atoms with Crippen LogP contribution < -0.4 is 10.0 Å². The molecule has 0 radical (unpaired) electrons. The highest BCUT2D eigenvalue weighted by molar-refractivity contribution is 7.88. The lowest BCUT2D eigenvalue weighted by Crippen LogP contribution is -2.31. The normalized spacial score (nSPS) is 11.7. The van der Waals surface area contributed by atoms with Crippen LogP contribution in [0, 0.1) is 0 Å². The molecular weight excluding hydrogens is 352 g/mol. The van der Waals surface area contributed by atoms with E-state index >= 15 is 0 Å². The van der Waals surface area contributed by atoms with Crippen molar-refractivity contribution in [3.8, 4) is 0 Å². The van der Waals surface area contributed by atoms with Gasteiger partial charge in [0.2, 0.25) is 10.0 Å². The molecule has 26 heavy (non-hydrogen) atoms. The lowest BCUT2D eigenvalue weighted by atomic mass is 10.1. The maximum Gasteiger partial charge on any atom is 0.335 e. The minimum atomic E-state index is -3.32. The summed E-state index contributed by atoms with van der Waals surface area (Å²) in [7, 11) is -3.32. The van der Waals surface area contributed by atoms with Crippen LogP contribution in [-0.4, -0.2) is 25.5 Å². The number of rotatable bonds is 9. The predicted molar refractivity (Wildman–Crippen MR) is 101 cm³/mol. The van der Waals surface area contributed by atoms with Gasteiger partial charge < -0.3 is 10.4 Å². The van der Waals surface area contributed by atoms with Crippen molar-refractivity contribution in [2.75, 3.05) is 0 Å². The summed E-state index contributed by atoms with van der Waals surface area (Å²) >= 11 is 0. The molecule has 0 atom stereocenters. The molecule has 6 nitrogen and oxygen atoms in total. The van der Waals surface area contributed by atoms with Crippen molar-refractivity contribution in [2.24, 2.45) is 0 Å². The largest absolute Gasteiger partial charge is 0.478 e. The number of nitrogens with one attached hydrogen (secondary N) is 2. The van der Waals surface area contributed by atoms with E-state index in [1.54, 1.807) is 32.0 Å². The molecular formula is C19H24N2O4S. The molecule has 140 valence electrons. The van der Waals surface area contributed by atoms with Gasteiger partial charge in [-0.2, -0.15) is 0 Å². The number of benzene rings is 2. The van der Waals surface area contributed by atoms with E-state index in [1.807, 2.05) is 30.3 Å². The SMILES string of the molecule is CC(C)NS(=O)(=O)Cc1ccc(CNCc2cccc(C(=O)O)c2)cc1. The highest BCUT2D eigenvalue weighted by atomic mass is 32.2. The monoisotopic (exact) mass is 376 g/mol. The van der Waals surface area contributed by atoms with E-state index in [-0.39, 0.29) is 17.4 Å². The average Bonchev–Trinajstić information content (AvgIpc) is 2.55. The third-order valence-corrected chi connectivity index (χ3v) is 5.17. The van der Waals surface area contributed by atoms with Crippen molar-refractivity contribution >= 4 is 16.0 Å². The van der Waals surface area contributed by atoms with Crippen molar-refractivity contribution in [3.63, 3.8) is 0 Å². The van der Waals surface area contributed by atoms with Gasteiger partial charge in [0.1, 0.15) is 0 Å². The molecule has 0 saturated heterocycles. The van der Waals surface area contributed by atoms with Gasteiger partial charge in [-0.3, -0.25) is 0 Å². The fourth-order valence-electron chi connectivity index (χ4n) is 2.54. The fourth-order valence-corrected chi connectivity index (χ4v) is 3.97. The summed E-state index contributed by atoms with van der Waals surface area (Å²) < 4.78 is 26.4. The second kappa shape index (κ2) is 8.93. The Morgan fingerprint density at radius 1 is 1.00 bits per heavy atom. The first-order valence-corrected chi connectivity index (χ1v) is 10.0. The highest BCUT2D eigenvalue weighted by Gasteiger charge is 2.12. The Balaban J connectivity index is 1.88. The zero-order chi connectivity index (χ0) is 19.2. The van der Waals surface area contributed by atoms with E-state index in [4.69, 9.17) is 5.11 Å². The van der Waals surface area contributed by atoms with Crippen molar-refractivity contribution < 1.29 is 18.3 Å². The van der Waals surface area contributed by atoms with E-state index < -0.39 is 16.0 Å². The topological polar surface area (TPSA) is 95.5 Å². The molecule has 0 unspecified atom stereocenters. The van der Waals surface area contributed by atoms with Crippen molar-refractivity contribution in [2.45, 2.75) is 38.7 Å². The number of carboxylic acids is 1. The standard InChI is InChI=1S/C19H24N2O4S/c1-14(2)21-26(24,25)13-16-8-6-15(7-9-16)11-20-12-17-4-3-5-18(10-17)19(22)23/h3-10,14,20-21H,11-13H2,1-2H3,(H,22,23). The zero-order valence-corrected chi connectivity index (χ0v) is 15.7. The number of hydrogen-bond acceptors (Lipinski definition) is 4. The van der Waals surface area contributed by atoms with E-state index in [0.29, 0.717) is 13.1 Å². The van der Waals surface area contributed by atoms with Gasteiger partial charge in [-0.15, -0.1) is 0 Å². The molecule has 0 bridgehead atoms. The Kier molecular flexibility index (Phi) is 6.90. The van der Waals surface area contributed by atoms with Gasteiger partial charge in [-0.25, -0.2) is 17.9 Å². The molecule has 2 aromatic rings. The fraction of sp³-hybridized carbons (Fsp3) is 0.316. The Morgan fingerprint density at radius 3 is 2.23 bits per heavy atom. The summed E-state index contributed by atoms with van der Waals surface area (Å²) in [6.45, 7) is 4.74. The molecule has 0 heterocycles. The van der Waals surface area contributed by atoms with Crippen molar-refractivity contribution in [1.29, 1.82) is 0 Å². The van der Waals surface area contributed by atoms with Crippen LogP contribution in [0.5, 0.6) is 0 Å². The Bertz CT molecular complexity index is 846. The summed E-state index contributed by atoms with van der Waals surface area (Å²) in [6.07, 6.45) is 0. The lowest BCUT2D eigenvalue weighted by molar-refractivity contribution is 0.0696. The van der Waals surface area contributed by atoms with Crippen LogP contribution in [0.4, 0.5) is 0 Å². The minimum absolute atomic E-state index is 0.0408. The maximum absolute atomic E-state index is 11.9. The molecule has 3 N–H and O–H groups in total. The number of aromatic carboxylic acids is 1. The van der Waals surface area contributed by atoms with E-state index in [0.717, 1.165) is 16.7 Å². The Labute approximate surface area is 154 Å². The lowest BCUT2D eigenvalue weighted by Gasteiger charge is -2.10. The molecule has 0 fully saturated rings. The van der Waals surface area contributed by atoms with Gasteiger partial charge >= 0.3 is 5.97 Å². The molecule has 0 spiro atoms. The maximum atomic E-state index is 11.9. The molecule has 2 rings (SSSR count). The molecule has 0 aliphatic heterocycles. The van der Waals surface area contributed by atoms with Crippen LogP contribution in [0.15, 0.2) is 48.5 Å². The molecule has 7 heteroatoms. The number of sulfonamides is 1. The van der Waals surface area contributed by atoms with E-state index in [1.165, 1.54) is 0 Å². The average molecular weight is 376 g/mol. The van der Waals surface area contributed by atoms with E-state index in [2.05, 4.69) is 10.0 Å². The Hall–Kier alpha value is -2.22. The van der Waals surface area contributed by atoms with Crippen LogP contribution >= 0.6 is 0 Å². The number of hydrogen-bond donors (Lipinski definition) is 3. The van der Waals surface area contributed by atoms with E-state index in [9.17, 15) is 13.2 Å². The second-order valence-corrected chi connectivity index (χ2v) is 8.21. The van der Waals surface area contributed by atoms with Gasteiger partial charge in [0, 0.05) is 19.1 Å². The van der Waals surface area contributed by atoms with Gasteiger partial charge in [0.25, 0.3) is 0 Å². The molecule has 0 aliphatic carbocycles. The third kappa shape index (κ3) is 6.59. The minimum Gasteiger partial charge on any atom is -0.478 e. The number of carbonyl (C=O) groups is 1. The summed E-state index contributed by atoms with van der Waals surface area (Å²) in [4.78, 5) is 11.0. The third-order valence-electron chi connectivity index (χ3n) is 3.63. The zero-order valence-electron chi connectivity index (χ0n) is 14.9. The quantitative estimate of drug-likeness (QED) is 0.625. The highest BCUT2D eigenvalue weighted by Crippen LogP contribution is 2.09. The molecule has 0 aromatic heterocycles. The van der Waals surface area contributed by atoms with Crippen LogP contribution in [0.25, 0.3) is 0 Å². The van der Waals surface area contributed by atoms with Crippen molar-refractivity contribution in [1.82, 2.24) is 10.0 Å². The van der Waals surface area contributed by atoms with Gasteiger partial charge in [-0.1, -0.05) is 36.4 Å². The molecule has 0 saturated carbocycles.